The van der Waals surface area contributed by atoms with Crippen LogP contribution in [0.1, 0.15) is 16.8 Å². The number of nitrogens with zero attached hydrogens (tertiary/aromatic N) is 2. The van der Waals surface area contributed by atoms with Crippen LogP contribution in [0.3, 0.4) is 0 Å². The van der Waals surface area contributed by atoms with E-state index < -0.39 is 39.3 Å². The Bertz CT molecular complexity index is 654. The molecule has 0 aliphatic carbocycles. The lowest BCUT2D eigenvalue weighted by molar-refractivity contribution is -0.387. The largest absolute Gasteiger partial charge is 0.333 e. The fourth-order valence-corrected chi connectivity index (χ4v) is 3.22. The molecule has 1 amide bonds. The van der Waals surface area contributed by atoms with E-state index in [4.69, 9.17) is 5.26 Å². The predicted molar refractivity (Wildman–Crippen MR) is 70.8 cm³/mol. The first-order chi connectivity index (χ1) is 9.90. The molecule has 1 atom stereocenters. The maximum absolute atomic E-state index is 13.9. The summed E-state index contributed by atoms with van der Waals surface area (Å²) in [4.78, 5) is 21.6. The lowest BCUT2D eigenvalue weighted by Gasteiger charge is -2.21. The molecule has 0 radical (unpaired) electrons. The second kappa shape index (κ2) is 5.65. The number of halogens is 2. The van der Waals surface area contributed by atoms with Crippen molar-refractivity contribution < 1.29 is 18.5 Å². The first kappa shape index (κ1) is 15.2. The average molecular weight is 313 g/mol. The fraction of sp³-hybridized carbons (Fsp3) is 0.333. The standard InChI is InChI=1S/C12H9F2N3O3S/c13-7-1-2-8(17(19)20)10(14)9(7)11(18)16-12(5-15)3-4-21-6-12/h1-2H,3-4,6H2,(H,16,18). The fourth-order valence-electron chi connectivity index (χ4n) is 1.95. The molecule has 0 saturated carbocycles. The van der Waals surface area contributed by atoms with Gasteiger partial charge in [-0.1, -0.05) is 0 Å². The van der Waals surface area contributed by atoms with E-state index in [0.29, 0.717) is 30.1 Å². The number of thioether (sulfide) groups is 1. The lowest BCUT2D eigenvalue weighted by atomic mass is 10.00. The Labute approximate surface area is 122 Å². The van der Waals surface area contributed by atoms with Crippen molar-refractivity contribution in [3.63, 3.8) is 0 Å². The van der Waals surface area contributed by atoms with Gasteiger partial charge >= 0.3 is 5.69 Å². The van der Waals surface area contributed by atoms with Gasteiger partial charge in [-0.2, -0.15) is 21.4 Å². The van der Waals surface area contributed by atoms with E-state index in [0.717, 1.165) is 0 Å². The molecule has 1 saturated heterocycles. The van der Waals surface area contributed by atoms with Crippen LogP contribution in [-0.4, -0.2) is 27.9 Å². The van der Waals surface area contributed by atoms with Crippen LogP contribution in [0.5, 0.6) is 0 Å². The molecular formula is C12H9F2N3O3S. The van der Waals surface area contributed by atoms with Gasteiger partial charge in [0.2, 0.25) is 5.82 Å². The van der Waals surface area contributed by atoms with Crippen LogP contribution < -0.4 is 5.32 Å². The molecule has 1 fully saturated rings. The Kier molecular flexibility index (Phi) is 4.09. The number of hydrogen-bond acceptors (Lipinski definition) is 5. The van der Waals surface area contributed by atoms with E-state index in [2.05, 4.69) is 5.32 Å². The minimum Gasteiger partial charge on any atom is -0.333 e. The van der Waals surface area contributed by atoms with Gasteiger partial charge in [-0.25, -0.2) is 4.39 Å². The van der Waals surface area contributed by atoms with Crippen LogP contribution in [0.2, 0.25) is 0 Å². The van der Waals surface area contributed by atoms with Gasteiger partial charge < -0.3 is 5.32 Å². The first-order valence-corrected chi connectivity index (χ1v) is 6.99. The zero-order valence-electron chi connectivity index (χ0n) is 10.6. The number of carbonyl (C=O) groups is 1. The van der Waals surface area contributed by atoms with Gasteiger partial charge in [-0.05, 0) is 18.2 Å². The molecule has 1 aliphatic heterocycles. The molecule has 2 rings (SSSR count). The van der Waals surface area contributed by atoms with Gasteiger partial charge in [0.05, 0.1) is 11.0 Å². The summed E-state index contributed by atoms with van der Waals surface area (Å²) < 4.78 is 27.5. The number of rotatable bonds is 3. The highest BCUT2D eigenvalue weighted by atomic mass is 32.2. The quantitative estimate of drug-likeness (QED) is 0.680. The molecular weight excluding hydrogens is 304 g/mol. The topological polar surface area (TPSA) is 96.0 Å². The van der Waals surface area contributed by atoms with Crippen molar-refractivity contribution in [3.8, 4) is 6.07 Å². The number of nitro benzene ring substituents is 1. The van der Waals surface area contributed by atoms with Crippen LogP contribution in [0.25, 0.3) is 0 Å². The highest BCUT2D eigenvalue weighted by molar-refractivity contribution is 7.99. The van der Waals surface area contributed by atoms with E-state index in [9.17, 15) is 23.7 Å². The van der Waals surface area contributed by atoms with E-state index >= 15 is 0 Å². The Balaban J connectivity index is 2.38. The molecule has 1 heterocycles. The zero-order valence-corrected chi connectivity index (χ0v) is 11.4. The smallest absolute Gasteiger partial charge is 0.305 e. The molecule has 110 valence electrons. The monoisotopic (exact) mass is 313 g/mol. The molecule has 1 unspecified atom stereocenters. The lowest BCUT2D eigenvalue weighted by Crippen LogP contribution is -2.48. The van der Waals surface area contributed by atoms with Gasteiger partial charge in [0.25, 0.3) is 5.91 Å². The van der Waals surface area contributed by atoms with Gasteiger partial charge in [0, 0.05) is 11.8 Å². The van der Waals surface area contributed by atoms with Crippen LogP contribution in [0.15, 0.2) is 12.1 Å². The molecule has 0 bridgehead atoms. The summed E-state index contributed by atoms with van der Waals surface area (Å²) >= 11 is 1.43. The minimum absolute atomic E-state index is 0.299. The maximum Gasteiger partial charge on any atom is 0.305 e. The van der Waals surface area contributed by atoms with Gasteiger partial charge in [-0.15, -0.1) is 0 Å². The van der Waals surface area contributed by atoms with Crippen molar-refractivity contribution in [2.24, 2.45) is 0 Å². The van der Waals surface area contributed by atoms with Crippen molar-refractivity contribution in [2.75, 3.05) is 11.5 Å². The minimum atomic E-state index is -1.55. The summed E-state index contributed by atoms with van der Waals surface area (Å²) in [7, 11) is 0. The van der Waals surface area contributed by atoms with Crippen LogP contribution in [0, 0.1) is 33.1 Å². The summed E-state index contributed by atoms with van der Waals surface area (Å²) in [5.41, 5.74) is -3.24. The number of benzene rings is 1. The highest BCUT2D eigenvalue weighted by Crippen LogP contribution is 2.29. The summed E-state index contributed by atoms with van der Waals surface area (Å²) in [6, 6.07) is 3.22. The van der Waals surface area contributed by atoms with Crippen molar-refractivity contribution in [1.82, 2.24) is 5.32 Å². The van der Waals surface area contributed by atoms with E-state index in [-0.39, 0.29) is 0 Å². The molecule has 6 nitrogen and oxygen atoms in total. The first-order valence-electron chi connectivity index (χ1n) is 5.84. The van der Waals surface area contributed by atoms with Crippen LogP contribution >= 0.6 is 11.8 Å². The molecule has 0 aromatic heterocycles. The zero-order chi connectivity index (χ0) is 15.6. The summed E-state index contributed by atoms with van der Waals surface area (Å²) in [6.45, 7) is 0. The normalized spacial score (nSPS) is 20.8. The Morgan fingerprint density at radius 1 is 1.52 bits per heavy atom. The number of carbonyl (C=O) groups excluding carboxylic acids is 1. The van der Waals surface area contributed by atoms with Crippen molar-refractivity contribution in [2.45, 2.75) is 12.0 Å². The SMILES string of the molecule is N#CC1(NC(=O)c2c(F)ccc([N+](=O)[O-])c2F)CCSC1. The number of hydrogen-bond donors (Lipinski definition) is 1. The Hall–Kier alpha value is -2.21. The van der Waals surface area contributed by atoms with E-state index in [1.807, 2.05) is 6.07 Å². The second-order valence-corrected chi connectivity index (χ2v) is 5.57. The molecule has 1 N–H and O–H groups in total. The highest BCUT2D eigenvalue weighted by Gasteiger charge is 2.38. The summed E-state index contributed by atoms with van der Waals surface area (Å²) in [5, 5.41) is 22.0. The second-order valence-electron chi connectivity index (χ2n) is 4.46. The van der Waals surface area contributed by atoms with Gasteiger partial charge in [0.15, 0.2) is 0 Å². The Morgan fingerprint density at radius 3 is 2.76 bits per heavy atom. The molecule has 1 aromatic rings. The van der Waals surface area contributed by atoms with E-state index in [1.54, 1.807) is 0 Å². The summed E-state index contributed by atoms with van der Waals surface area (Å²) in [5.74, 6) is -3.00. The van der Waals surface area contributed by atoms with Crippen LogP contribution in [0.4, 0.5) is 14.5 Å². The van der Waals surface area contributed by atoms with Crippen molar-refractivity contribution in [3.05, 3.63) is 39.4 Å². The third-order valence-corrected chi connectivity index (χ3v) is 4.27. The summed E-state index contributed by atoms with van der Waals surface area (Å²) in [6.07, 6.45) is 0.345. The number of amides is 1. The number of nitriles is 1. The maximum atomic E-state index is 13.9. The molecule has 1 aliphatic rings. The van der Waals surface area contributed by atoms with Crippen molar-refractivity contribution in [1.29, 1.82) is 5.26 Å². The van der Waals surface area contributed by atoms with Crippen LogP contribution in [-0.2, 0) is 0 Å². The Morgan fingerprint density at radius 2 is 2.24 bits per heavy atom. The predicted octanol–water partition coefficient (Wildman–Crippen LogP) is 2.00. The molecule has 21 heavy (non-hydrogen) atoms. The molecule has 1 aromatic carbocycles. The number of nitrogens with one attached hydrogen (secondary N) is 1. The van der Waals surface area contributed by atoms with Crippen molar-refractivity contribution >= 4 is 23.4 Å². The van der Waals surface area contributed by atoms with Gasteiger partial charge in [-0.3, -0.25) is 14.9 Å². The third-order valence-electron chi connectivity index (χ3n) is 3.08. The average Bonchev–Trinajstić information content (AvgIpc) is 2.87. The molecule has 0 spiro atoms. The number of nitro groups is 1. The molecule has 9 heteroatoms. The van der Waals surface area contributed by atoms with E-state index in [1.165, 1.54) is 11.8 Å². The van der Waals surface area contributed by atoms with Gasteiger partial charge in [0.1, 0.15) is 16.9 Å². The third kappa shape index (κ3) is 2.80.